The van der Waals surface area contributed by atoms with E-state index >= 15 is 0 Å². The number of rotatable bonds is 7. The summed E-state index contributed by atoms with van der Waals surface area (Å²) >= 11 is 3.35. The van der Waals surface area contributed by atoms with E-state index in [9.17, 15) is 5.11 Å². The highest BCUT2D eigenvalue weighted by Gasteiger charge is 2.20. The number of ether oxygens (including phenoxy) is 1. The highest BCUT2D eigenvalue weighted by molar-refractivity contribution is 9.10. The van der Waals surface area contributed by atoms with Crippen LogP contribution in [0, 0.1) is 0 Å². The number of aromatic nitrogens is 3. The first-order chi connectivity index (χ1) is 15.6. The first-order valence-corrected chi connectivity index (χ1v) is 12.1. The van der Waals surface area contributed by atoms with Crippen LogP contribution in [-0.2, 0) is 0 Å². The van der Waals surface area contributed by atoms with Gasteiger partial charge < -0.3 is 19.6 Å². The molecule has 4 rings (SSSR count). The number of hydrazone groups is 1. The number of nitrogens with one attached hydrogen (secondary N) is 1. The average molecular weight is 504 g/mol. The van der Waals surface area contributed by atoms with Crippen molar-refractivity contribution in [2.75, 3.05) is 48.0 Å². The predicted octanol–water partition coefficient (Wildman–Crippen LogP) is 4.17. The minimum Gasteiger partial charge on any atom is -0.503 e. The van der Waals surface area contributed by atoms with Crippen molar-refractivity contribution in [2.45, 2.75) is 45.4 Å². The van der Waals surface area contributed by atoms with E-state index in [0.717, 1.165) is 57.4 Å². The molecule has 1 aromatic carbocycles. The average Bonchev–Trinajstić information content (AvgIpc) is 2.83. The van der Waals surface area contributed by atoms with Gasteiger partial charge in [0.1, 0.15) is 0 Å². The van der Waals surface area contributed by atoms with Gasteiger partial charge in [0.2, 0.25) is 17.8 Å². The van der Waals surface area contributed by atoms with Gasteiger partial charge in [0.25, 0.3) is 0 Å². The number of hydrogen-bond acceptors (Lipinski definition) is 9. The fraction of sp³-hybridized carbons (Fsp3) is 0.545. The molecular weight excluding hydrogens is 474 g/mol. The Morgan fingerprint density at radius 1 is 1.00 bits per heavy atom. The number of phenolic OH excluding ortho intramolecular Hbond substituents is 1. The van der Waals surface area contributed by atoms with Crippen LogP contribution in [0.25, 0.3) is 0 Å². The van der Waals surface area contributed by atoms with Gasteiger partial charge in [-0.05, 0) is 79.1 Å². The third-order valence-corrected chi connectivity index (χ3v) is 6.22. The van der Waals surface area contributed by atoms with Gasteiger partial charge in [0.05, 0.1) is 17.3 Å². The molecule has 0 spiro atoms. The lowest BCUT2D eigenvalue weighted by atomic mass is 10.1. The van der Waals surface area contributed by atoms with Gasteiger partial charge in [0, 0.05) is 26.2 Å². The second-order valence-electron chi connectivity index (χ2n) is 8.01. The summed E-state index contributed by atoms with van der Waals surface area (Å²) < 4.78 is 6.03. The molecule has 2 N–H and O–H groups in total. The summed E-state index contributed by atoms with van der Waals surface area (Å²) in [7, 11) is 0. The molecule has 0 radical (unpaired) electrons. The molecule has 2 aliphatic heterocycles. The van der Waals surface area contributed by atoms with Crippen molar-refractivity contribution in [3.63, 3.8) is 0 Å². The summed E-state index contributed by atoms with van der Waals surface area (Å²) in [6.07, 6.45) is 8.78. The van der Waals surface area contributed by atoms with E-state index in [0.29, 0.717) is 34.7 Å². The summed E-state index contributed by atoms with van der Waals surface area (Å²) in [5, 5.41) is 14.4. The van der Waals surface area contributed by atoms with Crippen LogP contribution in [-0.4, -0.2) is 59.1 Å². The van der Waals surface area contributed by atoms with Gasteiger partial charge >= 0.3 is 0 Å². The molecule has 2 fully saturated rings. The summed E-state index contributed by atoms with van der Waals surface area (Å²) in [5.74, 6) is 2.34. The Balaban J connectivity index is 1.55. The molecule has 172 valence electrons. The Hall–Kier alpha value is -2.62. The number of piperidine rings is 2. The van der Waals surface area contributed by atoms with Crippen molar-refractivity contribution >= 4 is 40.0 Å². The SMILES string of the molecule is CCOc1cc(/C=N\Nc2nc(N3CCCCC3)nc(N3CCCCC3)n2)cc(Br)c1O. The topological polar surface area (TPSA) is 99.0 Å². The third kappa shape index (κ3) is 5.59. The lowest BCUT2D eigenvalue weighted by Gasteiger charge is -2.30. The van der Waals surface area contributed by atoms with E-state index in [1.165, 1.54) is 12.8 Å². The van der Waals surface area contributed by atoms with Crippen molar-refractivity contribution in [1.82, 2.24) is 15.0 Å². The predicted molar refractivity (Wildman–Crippen MR) is 130 cm³/mol. The number of benzene rings is 1. The Kier molecular flexibility index (Phi) is 7.62. The highest BCUT2D eigenvalue weighted by atomic mass is 79.9. The maximum Gasteiger partial charge on any atom is 0.250 e. The molecule has 0 aliphatic carbocycles. The summed E-state index contributed by atoms with van der Waals surface area (Å²) in [4.78, 5) is 18.5. The Morgan fingerprint density at radius 3 is 2.16 bits per heavy atom. The van der Waals surface area contributed by atoms with Crippen LogP contribution in [0.4, 0.5) is 17.8 Å². The molecular formula is C22H30BrN7O2. The Morgan fingerprint density at radius 2 is 1.59 bits per heavy atom. The minimum atomic E-state index is 0.0757. The van der Waals surface area contributed by atoms with E-state index in [4.69, 9.17) is 9.72 Å². The van der Waals surface area contributed by atoms with Gasteiger partial charge in [-0.2, -0.15) is 20.1 Å². The highest BCUT2D eigenvalue weighted by Crippen LogP contribution is 2.35. The second-order valence-corrected chi connectivity index (χ2v) is 8.86. The smallest absolute Gasteiger partial charge is 0.250 e. The zero-order valence-electron chi connectivity index (χ0n) is 18.4. The van der Waals surface area contributed by atoms with Crippen LogP contribution in [0.3, 0.4) is 0 Å². The van der Waals surface area contributed by atoms with E-state index < -0.39 is 0 Å². The van der Waals surface area contributed by atoms with Crippen molar-refractivity contribution in [3.8, 4) is 11.5 Å². The fourth-order valence-corrected chi connectivity index (χ4v) is 4.43. The lowest BCUT2D eigenvalue weighted by molar-refractivity contribution is 0.317. The van der Waals surface area contributed by atoms with Gasteiger partial charge in [-0.3, -0.25) is 0 Å². The Bertz CT molecular complexity index is 908. The molecule has 10 heteroatoms. The quantitative estimate of drug-likeness (QED) is 0.429. The number of anilines is 3. The van der Waals surface area contributed by atoms with Crippen molar-refractivity contribution in [1.29, 1.82) is 0 Å². The first-order valence-electron chi connectivity index (χ1n) is 11.3. The maximum absolute atomic E-state index is 10.1. The molecule has 2 saturated heterocycles. The largest absolute Gasteiger partial charge is 0.503 e. The van der Waals surface area contributed by atoms with Crippen LogP contribution in [0.2, 0.25) is 0 Å². The van der Waals surface area contributed by atoms with Crippen molar-refractivity contribution < 1.29 is 9.84 Å². The molecule has 0 saturated carbocycles. The molecule has 0 bridgehead atoms. The van der Waals surface area contributed by atoms with Gasteiger partial charge in [-0.25, -0.2) is 5.43 Å². The standard InChI is InChI=1S/C22H30BrN7O2/c1-2-32-18-14-16(13-17(23)19(18)31)15-24-28-20-25-21(29-9-5-3-6-10-29)27-22(26-20)30-11-7-4-8-12-30/h13-15,31H,2-12H2,1H3,(H,25,26,27,28)/b24-15-. The van der Waals surface area contributed by atoms with E-state index in [-0.39, 0.29) is 5.75 Å². The van der Waals surface area contributed by atoms with E-state index in [1.807, 2.05) is 6.92 Å². The van der Waals surface area contributed by atoms with Crippen LogP contribution in [0.15, 0.2) is 21.7 Å². The maximum atomic E-state index is 10.1. The Labute approximate surface area is 197 Å². The van der Waals surface area contributed by atoms with Gasteiger partial charge in [0.15, 0.2) is 11.5 Å². The molecule has 0 atom stereocenters. The number of aromatic hydroxyl groups is 1. The van der Waals surface area contributed by atoms with Gasteiger partial charge in [-0.15, -0.1) is 0 Å². The molecule has 2 aromatic rings. The second kappa shape index (κ2) is 10.8. The third-order valence-electron chi connectivity index (χ3n) is 5.62. The van der Waals surface area contributed by atoms with Crippen LogP contribution < -0.4 is 20.0 Å². The zero-order valence-corrected chi connectivity index (χ0v) is 20.0. The molecule has 0 amide bonds. The first kappa shape index (κ1) is 22.6. The monoisotopic (exact) mass is 503 g/mol. The summed E-state index contributed by atoms with van der Waals surface area (Å²) in [6.45, 7) is 6.20. The number of nitrogens with zero attached hydrogens (tertiary/aromatic N) is 6. The number of halogens is 1. The number of phenols is 1. The normalized spacial score (nSPS) is 17.1. The molecule has 3 heterocycles. The summed E-state index contributed by atoms with van der Waals surface area (Å²) in [5.41, 5.74) is 3.74. The minimum absolute atomic E-state index is 0.0757. The molecule has 9 nitrogen and oxygen atoms in total. The lowest BCUT2D eigenvalue weighted by Crippen LogP contribution is -2.34. The summed E-state index contributed by atoms with van der Waals surface area (Å²) in [6, 6.07) is 3.51. The van der Waals surface area contributed by atoms with Crippen LogP contribution >= 0.6 is 15.9 Å². The number of hydrogen-bond donors (Lipinski definition) is 2. The van der Waals surface area contributed by atoms with Gasteiger partial charge in [-0.1, -0.05) is 0 Å². The van der Waals surface area contributed by atoms with E-state index in [2.05, 4.69) is 46.2 Å². The van der Waals surface area contributed by atoms with E-state index in [1.54, 1.807) is 18.3 Å². The molecule has 2 aliphatic rings. The van der Waals surface area contributed by atoms with Crippen molar-refractivity contribution in [3.05, 3.63) is 22.2 Å². The fourth-order valence-electron chi connectivity index (χ4n) is 3.97. The van der Waals surface area contributed by atoms with Crippen LogP contribution in [0.1, 0.15) is 51.0 Å². The molecule has 0 unspecified atom stereocenters. The van der Waals surface area contributed by atoms with Crippen molar-refractivity contribution in [2.24, 2.45) is 5.10 Å². The molecule has 32 heavy (non-hydrogen) atoms. The zero-order chi connectivity index (χ0) is 22.3. The van der Waals surface area contributed by atoms with Crippen LogP contribution in [0.5, 0.6) is 11.5 Å². The molecule has 1 aromatic heterocycles.